The Kier molecular flexibility index (Phi) is 9.35. The van der Waals surface area contributed by atoms with Crippen molar-refractivity contribution in [2.75, 3.05) is 42.6 Å². The molecule has 2 fully saturated rings. The largest absolute Gasteiger partial charge is 0.491 e. The first-order valence-corrected chi connectivity index (χ1v) is 13.5. The van der Waals surface area contributed by atoms with Gasteiger partial charge in [-0.25, -0.2) is 13.8 Å². The van der Waals surface area contributed by atoms with Crippen LogP contribution in [-0.2, 0) is 0 Å². The van der Waals surface area contributed by atoms with Gasteiger partial charge in [0.15, 0.2) is 5.82 Å². The van der Waals surface area contributed by atoms with Gasteiger partial charge in [0, 0.05) is 51.0 Å². The molecule has 0 aliphatic carbocycles. The van der Waals surface area contributed by atoms with E-state index in [2.05, 4.69) is 40.4 Å². The van der Waals surface area contributed by atoms with E-state index in [9.17, 15) is 8.78 Å². The van der Waals surface area contributed by atoms with E-state index in [1.54, 1.807) is 0 Å². The minimum atomic E-state index is -1.23. The summed E-state index contributed by atoms with van der Waals surface area (Å²) in [7, 11) is 0. The molecule has 0 radical (unpaired) electrons. The van der Waals surface area contributed by atoms with Crippen LogP contribution < -0.4 is 20.3 Å². The lowest BCUT2D eigenvalue weighted by Gasteiger charge is -2.30. The number of ether oxygens (including phenoxy) is 1. The van der Waals surface area contributed by atoms with E-state index in [1.807, 2.05) is 19.1 Å². The summed E-state index contributed by atoms with van der Waals surface area (Å²) in [5, 5.41) is 4.06. The van der Waals surface area contributed by atoms with E-state index in [0.717, 1.165) is 49.0 Å². The molecule has 4 heterocycles. The minimum Gasteiger partial charge on any atom is -0.491 e. The predicted octanol–water partition coefficient (Wildman–Crippen LogP) is 5.11. The summed E-state index contributed by atoms with van der Waals surface area (Å²) in [6.45, 7) is 13.0. The van der Waals surface area contributed by atoms with Crippen molar-refractivity contribution < 1.29 is 18.0 Å². The second-order valence-electron chi connectivity index (χ2n) is 10.8. The smallest absolute Gasteiger partial charge is 0.324 e. The number of halogens is 2. The average molecular weight is 531 g/mol. The molecule has 1 unspecified atom stereocenters. The molecular formula is C28H40F2N6O2. The first-order chi connectivity index (χ1) is 18.2. The van der Waals surface area contributed by atoms with Crippen LogP contribution in [0.2, 0.25) is 0 Å². The third kappa shape index (κ3) is 7.09. The lowest BCUT2D eigenvalue weighted by Crippen LogP contribution is -2.35. The number of aromatic nitrogens is 3. The van der Waals surface area contributed by atoms with Gasteiger partial charge in [0.05, 0.1) is 18.1 Å². The molecule has 3 atom stereocenters. The maximum absolute atomic E-state index is 14.3. The number of alkyl halides is 1. The van der Waals surface area contributed by atoms with Crippen LogP contribution in [0.25, 0.3) is 0 Å². The quantitative estimate of drug-likeness (QED) is 0.401. The Bertz CT molecular complexity index is 1100. The van der Waals surface area contributed by atoms with Crippen molar-refractivity contribution >= 4 is 11.8 Å². The zero-order valence-electron chi connectivity index (χ0n) is 22.7. The van der Waals surface area contributed by atoms with Crippen molar-refractivity contribution in [3.05, 3.63) is 48.2 Å². The number of rotatable bonds is 11. The summed E-state index contributed by atoms with van der Waals surface area (Å²) in [6, 6.07) is 4.32. The molecule has 2 aliphatic heterocycles. The normalized spacial score (nSPS) is 21.8. The van der Waals surface area contributed by atoms with Crippen molar-refractivity contribution in [2.24, 2.45) is 17.6 Å². The summed E-state index contributed by atoms with van der Waals surface area (Å²) >= 11 is 0. The molecule has 0 aromatic carbocycles. The minimum absolute atomic E-state index is 0.000137. The highest BCUT2D eigenvalue weighted by atomic mass is 19.1. The number of piperidine rings is 1. The number of anilines is 2. The second kappa shape index (κ2) is 12.7. The topological polar surface area (TPSA) is 93.5 Å². The molecule has 2 N–H and O–H groups in total. The van der Waals surface area contributed by atoms with Gasteiger partial charge in [-0.05, 0) is 49.8 Å². The van der Waals surface area contributed by atoms with Crippen LogP contribution in [0.15, 0.2) is 41.2 Å². The Hall–Kier alpha value is -3.01. The summed E-state index contributed by atoms with van der Waals surface area (Å²) in [5.74, 6) is 2.62. The SMILES string of the molecule is C=CC(F)C/C=C(/F)C[C@H]1CN(c2ccc(OCC3CCN(c4nc(C(C)C)no4)CC3)c(C)n2)C[C@@H]1N. The average Bonchev–Trinajstić information content (AvgIpc) is 3.54. The second-order valence-corrected chi connectivity index (χ2v) is 10.8. The summed E-state index contributed by atoms with van der Waals surface area (Å²) < 4.78 is 39.2. The molecule has 0 bridgehead atoms. The van der Waals surface area contributed by atoms with Gasteiger partial charge in [0.25, 0.3) is 0 Å². The molecule has 10 heteroatoms. The molecule has 0 saturated carbocycles. The van der Waals surface area contributed by atoms with Crippen molar-refractivity contribution in [3.8, 4) is 5.75 Å². The van der Waals surface area contributed by atoms with Gasteiger partial charge in [0.2, 0.25) is 0 Å². The van der Waals surface area contributed by atoms with E-state index < -0.39 is 6.17 Å². The van der Waals surface area contributed by atoms with Gasteiger partial charge in [-0.3, -0.25) is 0 Å². The molecule has 38 heavy (non-hydrogen) atoms. The van der Waals surface area contributed by atoms with Gasteiger partial charge < -0.3 is 24.8 Å². The van der Waals surface area contributed by atoms with Crippen molar-refractivity contribution in [2.45, 2.75) is 64.6 Å². The van der Waals surface area contributed by atoms with Gasteiger partial charge in [-0.15, -0.1) is 6.58 Å². The summed E-state index contributed by atoms with van der Waals surface area (Å²) in [4.78, 5) is 13.5. The van der Waals surface area contributed by atoms with Crippen LogP contribution in [0.4, 0.5) is 20.6 Å². The predicted molar refractivity (Wildman–Crippen MR) is 145 cm³/mol. The Balaban J connectivity index is 1.25. The summed E-state index contributed by atoms with van der Waals surface area (Å²) in [6.07, 6.45) is 3.42. The van der Waals surface area contributed by atoms with E-state index in [4.69, 9.17) is 20.0 Å². The molecule has 2 saturated heterocycles. The standard InChI is InChI=1S/C28H40F2N6O2/c1-5-22(29)6-7-23(30)14-21-15-36(16-24(21)31)26-9-8-25(19(4)32-26)37-17-20-10-12-35(13-11-20)28-33-27(18(2)3)34-38-28/h5,7-9,18,20-22,24H,1,6,10-17,31H2,2-4H3/b23-7+/t21-,22?,24-/m0/s1. The maximum Gasteiger partial charge on any atom is 0.324 e. The van der Waals surface area contributed by atoms with Crippen molar-refractivity contribution in [1.82, 2.24) is 15.1 Å². The Morgan fingerprint density at radius 2 is 2.00 bits per heavy atom. The number of nitrogens with zero attached hydrogens (tertiary/aromatic N) is 5. The van der Waals surface area contributed by atoms with Crippen LogP contribution in [0.5, 0.6) is 5.75 Å². The van der Waals surface area contributed by atoms with Crippen LogP contribution in [-0.4, -0.2) is 60.1 Å². The number of hydrogen-bond donors (Lipinski definition) is 1. The maximum atomic E-state index is 14.3. The van der Waals surface area contributed by atoms with E-state index in [0.29, 0.717) is 31.6 Å². The molecule has 2 aromatic heterocycles. The number of hydrogen-bond acceptors (Lipinski definition) is 8. The molecule has 2 aliphatic rings. The fourth-order valence-corrected chi connectivity index (χ4v) is 4.92. The highest BCUT2D eigenvalue weighted by Crippen LogP contribution is 2.30. The fraction of sp³-hybridized carbons (Fsp3) is 0.607. The van der Waals surface area contributed by atoms with Gasteiger partial charge >= 0.3 is 6.01 Å². The van der Waals surface area contributed by atoms with Crippen LogP contribution in [0, 0.1) is 18.8 Å². The number of aryl methyl sites for hydroxylation is 1. The highest BCUT2D eigenvalue weighted by molar-refractivity contribution is 5.45. The van der Waals surface area contributed by atoms with Crippen molar-refractivity contribution in [3.63, 3.8) is 0 Å². The van der Waals surface area contributed by atoms with Gasteiger partial charge in [0.1, 0.15) is 17.7 Å². The number of nitrogens with two attached hydrogens (primary N) is 1. The Morgan fingerprint density at radius 1 is 1.24 bits per heavy atom. The van der Waals surface area contributed by atoms with E-state index >= 15 is 0 Å². The number of allylic oxidation sites excluding steroid dienone is 3. The fourth-order valence-electron chi connectivity index (χ4n) is 4.92. The molecule has 2 aromatic rings. The first kappa shape index (κ1) is 28.0. The number of pyridine rings is 1. The van der Waals surface area contributed by atoms with Gasteiger partial charge in [-0.1, -0.05) is 25.1 Å². The zero-order valence-corrected chi connectivity index (χ0v) is 22.7. The van der Waals surface area contributed by atoms with Gasteiger partial charge in [-0.2, -0.15) is 4.98 Å². The molecule has 0 spiro atoms. The van der Waals surface area contributed by atoms with Crippen LogP contribution in [0.3, 0.4) is 0 Å². The Labute approximate surface area is 223 Å². The lowest BCUT2D eigenvalue weighted by atomic mass is 9.98. The zero-order chi connectivity index (χ0) is 27.2. The van der Waals surface area contributed by atoms with Crippen molar-refractivity contribution in [1.29, 1.82) is 0 Å². The van der Waals surface area contributed by atoms with Crippen LogP contribution in [0.1, 0.15) is 57.0 Å². The third-order valence-electron chi connectivity index (χ3n) is 7.42. The molecular weight excluding hydrogens is 490 g/mol. The molecule has 0 amide bonds. The molecule has 8 nitrogen and oxygen atoms in total. The highest BCUT2D eigenvalue weighted by Gasteiger charge is 2.32. The molecule has 4 rings (SSSR count). The summed E-state index contributed by atoms with van der Waals surface area (Å²) in [5.41, 5.74) is 7.12. The first-order valence-electron chi connectivity index (χ1n) is 13.5. The molecule has 208 valence electrons. The lowest BCUT2D eigenvalue weighted by molar-refractivity contribution is 0.218. The van der Waals surface area contributed by atoms with E-state index in [1.165, 1.54) is 12.2 Å². The Morgan fingerprint density at radius 3 is 2.66 bits per heavy atom. The third-order valence-corrected chi connectivity index (χ3v) is 7.42. The monoisotopic (exact) mass is 530 g/mol. The van der Waals surface area contributed by atoms with Crippen LogP contribution >= 0.6 is 0 Å². The van der Waals surface area contributed by atoms with E-state index in [-0.39, 0.29) is 36.5 Å².